The van der Waals surface area contributed by atoms with Crippen LogP contribution in [0.5, 0.6) is 0 Å². The van der Waals surface area contributed by atoms with Crippen LogP contribution >= 0.6 is 27.5 Å². The quantitative estimate of drug-likeness (QED) is 0.443. The van der Waals surface area contributed by atoms with Gasteiger partial charge in [0.2, 0.25) is 0 Å². The monoisotopic (exact) mass is 490 g/mol. The normalized spacial score (nSPS) is 14.7. The Balaban J connectivity index is 1.56. The lowest BCUT2D eigenvalue weighted by Crippen LogP contribution is -2.54. The average Bonchev–Trinajstić information content (AvgIpc) is 2.62. The lowest BCUT2D eigenvalue weighted by Gasteiger charge is -2.41. The van der Waals surface area contributed by atoms with Crippen LogP contribution in [0.25, 0.3) is 12.2 Å². The van der Waals surface area contributed by atoms with Crippen LogP contribution in [0.1, 0.15) is 31.9 Å². The molecular weight excluding hydrogens is 464 g/mol. The smallest absolute Gasteiger partial charge is 0.410 e. The molecule has 0 bridgehead atoms. The predicted molar refractivity (Wildman–Crippen MR) is 129 cm³/mol. The van der Waals surface area contributed by atoms with E-state index in [1.54, 1.807) is 4.90 Å². The number of halogens is 2. The van der Waals surface area contributed by atoms with Crippen molar-refractivity contribution in [1.82, 2.24) is 4.90 Å². The minimum atomic E-state index is -0.450. The topological polar surface area (TPSA) is 32.8 Å². The SMILES string of the molecule is CN(CC1CN(C(=O)OC(C)(C)C)C1)c1cccc(/C=C/c2ccc(Cl)cc2Br)c1. The number of carbonyl (C=O) groups is 1. The Morgan fingerprint density at radius 1 is 1.23 bits per heavy atom. The van der Waals surface area contributed by atoms with Crippen molar-refractivity contribution in [2.24, 2.45) is 5.92 Å². The van der Waals surface area contributed by atoms with Crippen LogP contribution in [-0.4, -0.2) is 43.3 Å². The third-order valence-electron chi connectivity index (χ3n) is 4.87. The van der Waals surface area contributed by atoms with Gasteiger partial charge in [0.1, 0.15) is 5.60 Å². The summed E-state index contributed by atoms with van der Waals surface area (Å²) >= 11 is 9.56. The molecule has 1 aliphatic rings. The molecule has 1 aliphatic heterocycles. The third kappa shape index (κ3) is 6.26. The molecule has 0 radical (unpaired) electrons. The standard InChI is InChI=1S/C24H28BrClN2O2/c1-24(2,3)30-23(29)28-15-18(16-28)14-27(4)21-7-5-6-17(12-21)8-9-19-10-11-20(26)13-22(19)25/h5-13,18H,14-16H2,1-4H3/b9-8+. The molecule has 160 valence electrons. The van der Waals surface area contributed by atoms with E-state index in [9.17, 15) is 4.79 Å². The zero-order valence-electron chi connectivity index (χ0n) is 17.9. The second kappa shape index (κ2) is 9.44. The van der Waals surface area contributed by atoms with E-state index >= 15 is 0 Å². The third-order valence-corrected chi connectivity index (χ3v) is 5.79. The fourth-order valence-electron chi connectivity index (χ4n) is 3.34. The number of amides is 1. The van der Waals surface area contributed by atoms with Crippen molar-refractivity contribution in [1.29, 1.82) is 0 Å². The minimum Gasteiger partial charge on any atom is -0.444 e. The van der Waals surface area contributed by atoms with Crippen LogP contribution < -0.4 is 4.90 Å². The van der Waals surface area contributed by atoms with Crippen molar-refractivity contribution in [3.63, 3.8) is 0 Å². The summed E-state index contributed by atoms with van der Waals surface area (Å²) in [6, 6.07) is 14.2. The maximum Gasteiger partial charge on any atom is 0.410 e. The van der Waals surface area contributed by atoms with Gasteiger partial charge in [-0.05, 0) is 56.2 Å². The van der Waals surface area contributed by atoms with Crippen LogP contribution in [0.2, 0.25) is 5.02 Å². The number of likely N-dealkylation sites (tertiary alicyclic amines) is 1. The van der Waals surface area contributed by atoms with Crippen molar-refractivity contribution < 1.29 is 9.53 Å². The average molecular weight is 492 g/mol. The highest BCUT2D eigenvalue weighted by Gasteiger charge is 2.34. The van der Waals surface area contributed by atoms with Crippen molar-refractivity contribution in [2.45, 2.75) is 26.4 Å². The highest BCUT2D eigenvalue weighted by atomic mass is 79.9. The summed E-state index contributed by atoms with van der Waals surface area (Å²) in [4.78, 5) is 16.1. The molecule has 2 aromatic rings. The van der Waals surface area contributed by atoms with Crippen LogP contribution in [0, 0.1) is 5.92 Å². The molecule has 0 saturated carbocycles. The molecule has 4 nitrogen and oxygen atoms in total. The van der Waals surface area contributed by atoms with Crippen LogP contribution in [0.3, 0.4) is 0 Å². The summed E-state index contributed by atoms with van der Waals surface area (Å²) in [6.45, 7) is 8.05. The summed E-state index contributed by atoms with van der Waals surface area (Å²) in [5.74, 6) is 0.451. The maximum absolute atomic E-state index is 12.1. The van der Waals surface area contributed by atoms with Crippen molar-refractivity contribution in [2.75, 3.05) is 31.6 Å². The fourth-order valence-corrected chi connectivity index (χ4v) is 4.16. The second-order valence-corrected chi connectivity index (χ2v) is 10.0. The number of rotatable bonds is 5. The van der Waals surface area contributed by atoms with E-state index in [1.165, 1.54) is 0 Å². The van der Waals surface area contributed by atoms with Gasteiger partial charge in [-0.25, -0.2) is 4.79 Å². The maximum atomic E-state index is 12.1. The van der Waals surface area contributed by atoms with Gasteiger partial charge in [0.25, 0.3) is 0 Å². The first-order valence-corrected chi connectivity index (χ1v) is 11.2. The lowest BCUT2D eigenvalue weighted by atomic mass is 10.00. The molecule has 0 atom stereocenters. The predicted octanol–water partition coefficient (Wildman–Crippen LogP) is 6.58. The minimum absolute atomic E-state index is 0.220. The molecule has 0 N–H and O–H groups in total. The summed E-state index contributed by atoms with van der Waals surface area (Å²) in [5, 5.41) is 0.712. The lowest BCUT2D eigenvalue weighted by molar-refractivity contribution is 0.000190. The summed E-state index contributed by atoms with van der Waals surface area (Å²) in [7, 11) is 2.09. The Morgan fingerprint density at radius 2 is 1.97 bits per heavy atom. The Hall–Kier alpha value is -1.98. The molecule has 1 heterocycles. The number of carbonyl (C=O) groups excluding carboxylic acids is 1. The number of hydrogen-bond donors (Lipinski definition) is 0. The molecule has 6 heteroatoms. The van der Waals surface area contributed by atoms with E-state index in [-0.39, 0.29) is 6.09 Å². The molecule has 0 spiro atoms. The molecule has 1 fully saturated rings. The first-order valence-electron chi connectivity index (χ1n) is 10.0. The van der Waals surface area contributed by atoms with E-state index in [0.29, 0.717) is 10.9 Å². The van der Waals surface area contributed by atoms with Gasteiger partial charge < -0.3 is 14.5 Å². The van der Waals surface area contributed by atoms with E-state index in [2.05, 4.69) is 64.3 Å². The van der Waals surface area contributed by atoms with Gasteiger partial charge in [0.15, 0.2) is 0 Å². The van der Waals surface area contributed by atoms with Gasteiger partial charge in [-0.3, -0.25) is 0 Å². The number of benzene rings is 2. The Morgan fingerprint density at radius 3 is 2.63 bits per heavy atom. The molecule has 2 aromatic carbocycles. The highest BCUT2D eigenvalue weighted by Crippen LogP contribution is 2.25. The van der Waals surface area contributed by atoms with E-state index in [4.69, 9.17) is 16.3 Å². The molecule has 0 unspecified atom stereocenters. The van der Waals surface area contributed by atoms with E-state index in [1.807, 2.05) is 39.0 Å². The zero-order valence-corrected chi connectivity index (χ0v) is 20.2. The first-order chi connectivity index (χ1) is 14.1. The van der Waals surface area contributed by atoms with Crippen molar-refractivity contribution in [3.05, 3.63) is 63.1 Å². The molecule has 0 aliphatic carbocycles. The summed E-state index contributed by atoms with van der Waals surface area (Å²) < 4.78 is 6.40. The molecule has 1 saturated heterocycles. The van der Waals surface area contributed by atoms with Gasteiger partial charge in [-0.2, -0.15) is 0 Å². The van der Waals surface area contributed by atoms with Crippen LogP contribution in [-0.2, 0) is 4.74 Å². The summed E-state index contributed by atoms with van der Waals surface area (Å²) in [5.41, 5.74) is 2.91. The number of ether oxygens (including phenoxy) is 1. The molecule has 30 heavy (non-hydrogen) atoms. The largest absolute Gasteiger partial charge is 0.444 e. The zero-order chi connectivity index (χ0) is 21.9. The van der Waals surface area contributed by atoms with Gasteiger partial charge >= 0.3 is 6.09 Å². The van der Waals surface area contributed by atoms with Crippen LogP contribution in [0.4, 0.5) is 10.5 Å². The number of anilines is 1. The van der Waals surface area contributed by atoms with E-state index in [0.717, 1.165) is 40.9 Å². The molecular formula is C24H28BrClN2O2. The van der Waals surface area contributed by atoms with Crippen molar-refractivity contribution >= 4 is 51.5 Å². The van der Waals surface area contributed by atoms with E-state index < -0.39 is 5.60 Å². The van der Waals surface area contributed by atoms with Gasteiger partial charge in [-0.1, -0.05) is 57.9 Å². The van der Waals surface area contributed by atoms with Gasteiger partial charge in [-0.15, -0.1) is 0 Å². The second-order valence-electron chi connectivity index (χ2n) is 8.73. The van der Waals surface area contributed by atoms with Crippen LogP contribution in [0.15, 0.2) is 46.9 Å². The van der Waals surface area contributed by atoms with Gasteiger partial charge in [0.05, 0.1) is 0 Å². The number of nitrogens with zero attached hydrogens (tertiary/aromatic N) is 2. The Bertz CT molecular complexity index is 933. The highest BCUT2D eigenvalue weighted by molar-refractivity contribution is 9.10. The Labute approximate surface area is 192 Å². The fraction of sp³-hybridized carbons (Fsp3) is 0.375. The van der Waals surface area contributed by atoms with Gasteiger partial charge in [0, 0.05) is 47.8 Å². The van der Waals surface area contributed by atoms with Crippen molar-refractivity contribution in [3.8, 4) is 0 Å². The molecule has 1 amide bonds. The Kier molecular flexibility index (Phi) is 7.14. The molecule has 3 rings (SSSR count). The number of hydrogen-bond acceptors (Lipinski definition) is 3. The summed E-state index contributed by atoms with van der Waals surface area (Å²) in [6.07, 6.45) is 3.95. The molecule has 0 aromatic heterocycles. The first kappa shape index (κ1) is 22.7.